The Morgan fingerprint density at radius 2 is 1.55 bits per heavy atom. The summed E-state index contributed by atoms with van der Waals surface area (Å²) in [4.78, 5) is 22.0. The molecule has 122 valence electrons. The lowest BCUT2D eigenvalue weighted by molar-refractivity contribution is -0.339. The molecule has 0 amide bonds. The first-order valence-corrected chi connectivity index (χ1v) is 5.46. The number of halogens is 7. The smallest absolute Gasteiger partial charge is 0.427 e. The van der Waals surface area contributed by atoms with Gasteiger partial charge in [-0.05, 0) is 12.1 Å². The highest BCUT2D eigenvalue weighted by Gasteiger charge is 2.76. The minimum absolute atomic E-state index is 0.454. The van der Waals surface area contributed by atoms with Gasteiger partial charge < -0.3 is 4.74 Å². The summed E-state index contributed by atoms with van der Waals surface area (Å²) >= 11 is 0. The molecule has 0 fully saturated rings. The molecular weight excluding hydrogens is 325 g/mol. The standard InChI is InChI=1S/C12H7F7O3/c1-6(20)22-8-4-2-3-7(5-8)9(21)10(13,14)11(15,16)12(17,18)19/h2-5H,1H3. The first-order valence-electron chi connectivity index (χ1n) is 5.46. The Morgan fingerprint density at radius 1 is 1.00 bits per heavy atom. The van der Waals surface area contributed by atoms with E-state index in [1.807, 2.05) is 0 Å². The highest BCUT2D eigenvalue weighted by molar-refractivity contribution is 6.02. The Hall–Kier alpha value is -2.13. The summed E-state index contributed by atoms with van der Waals surface area (Å²) in [5.41, 5.74) is -1.16. The summed E-state index contributed by atoms with van der Waals surface area (Å²) in [7, 11) is 0. The lowest BCUT2D eigenvalue weighted by Crippen LogP contribution is -2.56. The van der Waals surface area contributed by atoms with Crippen LogP contribution in [0.25, 0.3) is 0 Å². The Kier molecular flexibility index (Phi) is 4.54. The van der Waals surface area contributed by atoms with Crippen molar-refractivity contribution >= 4 is 11.8 Å². The molecule has 0 aliphatic carbocycles. The number of Topliss-reactive ketones (excluding diaryl/α,β-unsaturated/α-hetero) is 1. The second kappa shape index (κ2) is 5.58. The molecule has 0 aliphatic rings. The molecule has 0 radical (unpaired) electrons. The van der Waals surface area contributed by atoms with Crippen molar-refractivity contribution in [2.75, 3.05) is 0 Å². The van der Waals surface area contributed by atoms with Crippen molar-refractivity contribution in [2.24, 2.45) is 0 Å². The number of carbonyl (C=O) groups is 2. The zero-order valence-corrected chi connectivity index (χ0v) is 10.7. The lowest BCUT2D eigenvalue weighted by atomic mass is 10.00. The van der Waals surface area contributed by atoms with Crippen LogP contribution in [0.5, 0.6) is 5.75 Å². The van der Waals surface area contributed by atoms with E-state index in [2.05, 4.69) is 4.74 Å². The molecule has 0 saturated carbocycles. The molecular formula is C12H7F7O3. The number of hydrogen-bond donors (Lipinski definition) is 0. The highest BCUT2D eigenvalue weighted by Crippen LogP contribution is 2.47. The molecule has 1 aromatic carbocycles. The highest BCUT2D eigenvalue weighted by atomic mass is 19.4. The first-order chi connectivity index (χ1) is 9.80. The van der Waals surface area contributed by atoms with Crippen LogP contribution in [0, 0.1) is 0 Å². The van der Waals surface area contributed by atoms with Crippen molar-refractivity contribution in [3.8, 4) is 5.75 Å². The van der Waals surface area contributed by atoms with Crippen molar-refractivity contribution in [1.29, 1.82) is 0 Å². The summed E-state index contributed by atoms with van der Waals surface area (Å²) in [5.74, 6) is -16.7. The summed E-state index contributed by atoms with van der Waals surface area (Å²) in [6, 6.07) is 2.96. The molecule has 22 heavy (non-hydrogen) atoms. The van der Waals surface area contributed by atoms with Crippen LogP contribution in [0.4, 0.5) is 30.7 Å². The van der Waals surface area contributed by atoms with E-state index in [9.17, 15) is 40.3 Å². The third kappa shape index (κ3) is 3.20. The average Bonchev–Trinajstić information content (AvgIpc) is 2.35. The Labute approximate surface area is 118 Å². The summed E-state index contributed by atoms with van der Waals surface area (Å²) in [6.45, 7) is 0.931. The number of carbonyl (C=O) groups excluding carboxylic acids is 2. The molecule has 1 aromatic rings. The summed E-state index contributed by atoms with van der Waals surface area (Å²) in [6.07, 6.45) is -6.61. The molecule has 1 rings (SSSR count). The van der Waals surface area contributed by atoms with Gasteiger partial charge in [0.15, 0.2) is 0 Å². The number of ketones is 1. The van der Waals surface area contributed by atoms with E-state index < -0.39 is 41.1 Å². The second-order valence-electron chi connectivity index (χ2n) is 4.10. The zero-order valence-electron chi connectivity index (χ0n) is 10.7. The number of alkyl halides is 7. The number of ether oxygens (including phenoxy) is 1. The zero-order chi connectivity index (χ0) is 17.3. The van der Waals surface area contributed by atoms with Crippen LogP contribution in [0.1, 0.15) is 17.3 Å². The molecule has 0 aromatic heterocycles. The maximum Gasteiger partial charge on any atom is 0.460 e. The monoisotopic (exact) mass is 332 g/mol. The largest absolute Gasteiger partial charge is 0.460 e. The van der Waals surface area contributed by atoms with Gasteiger partial charge in [-0.2, -0.15) is 30.7 Å². The maximum absolute atomic E-state index is 13.2. The van der Waals surface area contributed by atoms with Crippen LogP contribution in [0.15, 0.2) is 24.3 Å². The van der Waals surface area contributed by atoms with Crippen LogP contribution in [0.3, 0.4) is 0 Å². The number of rotatable bonds is 4. The van der Waals surface area contributed by atoms with Crippen molar-refractivity contribution < 1.29 is 45.1 Å². The van der Waals surface area contributed by atoms with E-state index in [1.165, 1.54) is 0 Å². The van der Waals surface area contributed by atoms with E-state index in [4.69, 9.17) is 0 Å². The molecule has 0 spiro atoms. The lowest BCUT2D eigenvalue weighted by Gasteiger charge is -2.27. The fourth-order valence-corrected chi connectivity index (χ4v) is 1.37. The molecule has 0 aliphatic heterocycles. The third-order valence-corrected chi connectivity index (χ3v) is 2.39. The summed E-state index contributed by atoms with van der Waals surface area (Å²) in [5, 5.41) is 0. The van der Waals surface area contributed by atoms with Crippen molar-refractivity contribution in [1.82, 2.24) is 0 Å². The van der Waals surface area contributed by atoms with E-state index in [0.29, 0.717) is 12.1 Å². The van der Waals surface area contributed by atoms with Crippen molar-refractivity contribution in [2.45, 2.75) is 24.9 Å². The van der Waals surface area contributed by atoms with Gasteiger partial charge in [0.05, 0.1) is 0 Å². The van der Waals surface area contributed by atoms with Gasteiger partial charge in [0.2, 0.25) is 5.78 Å². The van der Waals surface area contributed by atoms with Gasteiger partial charge in [0.25, 0.3) is 0 Å². The van der Waals surface area contributed by atoms with E-state index in [1.54, 1.807) is 0 Å². The molecule has 0 atom stereocenters. The predicted octanol–water partition coefficient (Wildman–Crippen LogP) is 3.63. The molecule has 0 heterocycles. The minimum atomic E-state index is -6.61. The quantitative estimate of drug-likeness (QED) is 0.366. The SMILES string of the molecule is CC(=O)Oc1cccc(C(=O)C(F)(F)C(F)(F)C(F)(F)F)c1. The van der Waals surface area contributed by atoms with Gasteiger partial charge in [0, 0.05) is 12.5 Å². The fraction of sp³-hybridized carbons (Fsp3) is 0.333. The predicted molar refractivity (Wildman–Crippen MR) is 58.0 cm³/mol. The Morgan fingerprint density at radius 3 is 2.00 bits per heavy atom. The summed E-state index contributed by atoms with van der Waals surface area (Å²) < 4.78 is 92.5. The molecule has 0 bridgehead atoms. The number of hydrogen-bond acceptors (Lipinski definition) is 3. The van der Waals surface area contributed by atoms with Crippen LogP contribution in [-0.2, 0) is 4.79 Å². The van der Waals surface area contributed by atoms with Gasteiger partial charge in [-0.25, -0.2) is 0 Å². The minimum Gasteiger partial charge on any atom is -0.427 e. The van der Waals surface area contributed by atoms with Crippen LogP contribution >= 0.6 is 0 Å². The van der Waals surface area contributed by atoms with Crippen LogP contribution < -0.4 is 4.74 Å². The van der Waals surface area contributed by atoms with Gasteiger partial charge in [-0.1, -0.05) is 12.1 Å². The molecule has 10 heteroatoms. The normalized spacial score (nSPS) is 12.9. The van der Waals surface area contributed by atoms with Crippen LogP contribution in [0.2, 0.25) is 0 Å². The molecule has 0 saturated heterocycles. The number of esters is 1. The van der Waals surface area contributed by atoms with Crippen molar-refractivity contribution in [3.05, 3.63) is 29.8 Å². The van der Waals surface area contributed by atoms with E-state index >= 15 is 0 Å². The van der Waals surface area contributed by atoms with Gasteiger partial charge in [0.1, 0.15) is 5.75 Å². The van der Waals surface area contributed by atoms with Gasteiger partial charge in [-0.15, -0.1) is 0 Å². The Bertz CT molecular complexity index is 593. The van der Waals surface area contributed by atoms with E-state index in [0.717, 1.165) is 19.1 Å². The maximum atomic E-state index is 13.2. The molecule has 0 N–H and O–H groups in total. The number of benzene rings is 1. The topological polar surface area (TPSA) is 43.4 Å². The fourth-order valence-electron chi connectivity index (χ4n) is 1.37. The first kappa shape index (κ1) is 17.9. The van der Waals surface area contributed by atoms with Crippen LogP contribution in [-0.4, -0.2) is 29.8 Å². The Balaban J connectivity index is 3.22. The molecule has 3 nitrogen and oxygen atoms in total. The molecule has 0 unspecified atom stereocenters. The average molecular weight is 332 g/mol. The second-order valence-corrected chi connectivity index (χ2v) is 4.10. The van der Waals surface area contributed by atoms with E-state index in [-0.39, 0.29) is 0 Å². The van der Waals surface area contributed by atoms with Gasteiger partial charge in [-0.3, -0.25) is 9.59 Å². The third-order valence-electron chi connectivity index (χ3n) is 2.39. The van der Waals surface area contributed by atoms with Crippen molar-refractivity contribution in [3.63, 3.8) is 0 Å². The van der Waals surface area contributed by atoms with Gasteiger partial charge >= 0.3 is 24.0 Å².